The van der Waals surface area contributed by atoms with E-state index < -0.39 is 0 Å². The molecule has 0 saturated heterocycles. The van der Waals surface area contributed by atoms with E-state index in [0.29, 0.717) is 39.5 Å². The number of hydrogen-bond donors (Lipinski definition) is 0. The lowest BCUT2D eigenvalue weighted by Gasteiger charge is -2.27. The van der Waals surface area contributed by atoms with E-state index in [1.807, 2.05) is 12.1 Å². The fourth-order valence-electron chi connectivity index (χ4n) is 13.5. The summed E-state index contributed by atoms with van der Waals surface area (Å²) in [6.45, 7) is 0. The Kier molecular flexibility index (Phi) is 9.42. The number of aromatic nitrogens is 4. The molecule has 0 radical (unpaired) electrons. The first-order valence-electron chi connectivity index (χ1n) is 27.2. The van der Waals surface area contributed by atoms with Gasteiger partial charge in [-0.1, -0.05) is 188 Å². The average molecular weight is 1030 g/mol. The van der Waals surface area contributed by atoms with Crippen LogP contribution in [-0.4, -0.2) is 18.3 Å². The molecular formula is C74H42N6O. The largest absolute Gasteiger partial charge is 0.454 e. The van der Waals surface area contributed by atoms with Gasteiger partial charge < -0.3 is 22.7 Å². The third kappa shape index (κ3) is 6.20. The third-order valence-electron chi connectivity index (χ3n) is 16.8. The first kappa shape index (κ1) is 44.7. The maximum atomic E-state index is 12.9. The van der Waals surface area contributed by atoms with Gasteiger partial charge in [0.1, 0.15) is 28.8 Å². The molecule has 0 N–H and O–H groups in total. The minimum Gasteiger partial charge on any atom is -0.454 e. The number of fused-ring (bicyclic) bond motifs is 16. The zero-order valence-corrected chi connectivity index (χ0v) is 43.3. The quantitative estimate of drug-likeness (QED) is 0.166. The van der Waals surface area contributed by atoms with Crippen LogP contribution in [0.2, 0.25) is 0 Å². The first-order valence-corrected chi connectivity index (χ1v) is 27.2. The summed E-state index contributed by atoms with van der Waals surface area (Å²) in [6, 6.07) is 94.7. The summed E-state index contributed by atoms with van der Waals surface area (Å²) in [5.74, 6) is 0. The predicted octanol–water partition coefficient (Wildman–Crippen LogP) is 19.1. The normalized spacial score (nSPS) is 11.9. The maximum absolute atomic E-state index is 12.9. The Labute approximate surface area is 463 Å². The van der Waals surface area contributed by atoms with Crippen LogP contribution in [-0.2, 0) is 0 Å². The summed E-state index contributed by atoms with van der Waals surface area (Å²) in [4.78, 5) is 0. The van der Waals surface area contributed by atoms with Crippen molar-refractivity contribution in [3.05, 3.63) is 266 Å². The van der Waals surface area contributed by atoms with Gasteiger partial charge in [0.15, 0.2) is 5.58 Å². The summed E-state index contributed by atoms with van der Waals surface area (Å²) in [5, 5.41) is 35.7. The molecule has 0 fully saturated rings. The molecule has 0 aliphatic carbocycles. The maximum Gasteiger partial charge on any atom is 0.160 e. The summed E-state index contributed by atoms with van der Waals surface area (Å²) >= 11 is 0. The van der Waals surface area contributed by atoms with Gasteiger partial charge in [0.2, 0.25) is 0 Å². The molecule has 5 aromatic heterocycles. The van der Waals surface area contributed by atoms with Gasteiger partial charge in [-0.05, 0) is 89.0 Å². The second-order valence-corrected chi connectivity index (χ2v) is 20.9. The van der Waals surface area contributed by atoms with Gasteiger partial charge in [-0.2, -0.15) is 10.5 Å². The van der Waals surface area contributed by atoms with Crippen LogP contribution in [0.1, 0.15) is 11.1 Å². The molecule has 17 rings (SSSR count). The topological polar surface area (TPSA) is 80.4 Å². The number of nitriles is 2. The Hall–Kier alpha value is -11.4. The van der Waals surface area contributed by atoms with Crippen LogP contribution in [0.3, 0.4) is 0 Å². The number of para-hydroxylation sites is 6. The minimum absolute atomic E-state index is 0.375. The summed E-state index contributed by atoms with van der Waals surface area (Å²) in [6.07, 6.45) is 0. The second-order valence-electron chi connectivity index (χ2n) is 20.9. The van der Waals surface area contributed by atoms with Gasteiger partial charge in [0, 0.05) is 53.9 Å². The average Bonchev–Trinajstić information content (AvgIpc) is 3.73. The molecule has 81 heavy (non-hydrogen) atoms. The van der Waals surface area contributed by atoms with E-state index in [9.17, 15) is 10.5 Å². The highest BCUT2D eigenvalue weighted by atomic mass is 16.3. The number of hydrogen-bond acceptors (Lipinski definition) is 3. The van der Waals surface area contributed by atoms with Crippen LogP contribution in [0.15, 0.2) is 259 Å². The highest BCUT2D eigenvalue weighted by molar-refractivity contribution is 6.23. The highest BCUT2D eigenvalue weighted by Crippen LogP contribution is 2.50. The molecule has 17 aromatic rings. The molecular weight excluding hydrogens is 989 g/mol. The van der Waals surface area contributed by atoms with Gasteiger partial charge in [0.05, 0.1) is 66.9 Å². The third-order valence-corrected chi connectivity index (χ3v) is 16.8. The van der Waals surface area contributed by atoms with Crippen LogP contribution < -0.4 is 0 Å². The molecule has 0 saturated carbocycles. The molecule has 0 aliphatic rings. The fourth-order valence-corrected chi connectivity index (χ4v) is 13.5. The zero-order valence-electron chi connectivity index (χ0n) is 43.3. The van der Waals surface area contributed by atoms with Crippen molar-refractivity contribution < 1.29 is 4.42 Å². The Morgan fingerprint density at radius 1 is 0.259 bits per heavy atom. The van der Waals surface area contributed by atoms with Crippen molar-refractivity contribution in [3.8, 4) is 57.1 Å². The van der Waals surface area contributed by atoms with Gasteiger partial charge in [-0.15, -0.1) is 0 Å². The molecule has 0 unspecified atom stereocenters. The van der Waals surface area contributed by atoms with E-state index in [4.69, 9.17) is 4.42 Å². The smallest absolute Gasteiger partial charge is 0.160 e. The Balaban J connectivity index is 1.16. The number of furan rings is 1. The molecule has 0 atom stereocenters. The van der Waals surface area contributed by atoms with E-state index in [1.165, 1.54) is 0 Å². The van der Waals surface area contributed by atoms with E-state index in [1.54, 1.807) is 0 Å². The van der Waals surface area contributed by atoms with E-state index in [-0.39, 0.29) is 0 Å². The van der Waals surface area contributed by atoms with Crippen LogP contribution in [0, 0.1) is 22.7 Å². The molecule has 0 spiro atoms. The van der Waals surface area contributed by atoms with Crippen LogP contribution in [0.25, 0.3) is 154 Å². The molecule has 7 nitrogen and oxygen atoms in total. The molecule has 7 heteroatoms. The highest BCUT2D eigenvalue weighted by Gasteiger charge is 2.35. The van der Waals surface area contributed by atoms with Gasteiger partial charge in [-0.25, -0.2) is 0 Å². The van der Waals surface area contributed by atoms with Crippen molar-refractivity contribution in [2.24, 2.45) is 0 Å². The van der Waals surface area contributed by atoms with E-state index >= 15 is 0 Å². The molecule has 5 heterocycles. The molecule has 12 aromatic carbocycles. The SMILES string of the molecule is N#Cc1c(-n2c3ccccc3c3ccccc32)c(-n2c3ccccc3c3ccccc32)c(C#N)c(-n2c3ccc(-c4ccccc4)cc3c3ccc4c5ccc(-c6ccccc6)cc5oc4c32)c1-n1c2ccccc2c2ccccc21. The van der Waals surface area contributed by atoms with Gasteiger partial charge in [-0.3, -0.25) is 0 Å². The number of rotatable bonds is 6. The van der Waals surface area contributed by atoms with Crippen molar-refractivity contribution >= 4 is 109 Å². The van der Waals surface area contributed by atoms with Crippen LogP contribution in [0.4, 0.5) is 0 Å². The standard InChI is InChI=1S/C74H42N6O/c75-43-59-69(77-61-29-13-7-23-49(61)50-24-8-14-30-62(50)77)70(78-63-31-15-9-25-51(63)52-26-10-16-32-64(52)78)60(44-76)72(71(59)79-65-33-17-11-27-53(65)54-28-12-18-34-66(54)79)80-67-40-36-47(45-19-3-1-4-20-45)41-58(67)56-38-39-57-55-37-35-48(46-21-5-2-6-22-46)42-68(55)81-74(57)73(56)80/h1-42H. The molecule has 374 valence electrons. The van der Waals surface area contributed by atoms with Crippen molar-refractivity contribution in [2.75, 3.05) is 0 Å². The van der Waals surface area contributed by atoms with Crippen molar-refractivity contribution in [1.82, 2.24) is 18.3 Å². The first-order chi connectivity index (χ1) is 40.2. The van der Waals surface area contributed by atoms with Crippen molar-refractivity contribution in [1.29, 1.82) is 10.5 Å². The lowest BCUT2D eigenvalue weighted by atomic mass is 9.98. The summed E-state index contributed by atoms with van der Waals surface area (Å²) in [5.41, 5.74) is 15.8. The fraction of sp³-hybridized carbons (Fsp3) is 0. The monoisotopic (exact) mass is 1030 g/mol. The second kappa shape index (κ2) is 17.1. The number of benzene rings is 12. The van der Waals surface area contributed by atoms with Gasteiger partial charge in [0.25, 0.3) is 0 Å². The minimum atomic E-state index is 0.375. The zero-order chi connectivity index (χ0) is 53.4. The summed E-state index contributed by atoms with van der Waals surface area (Å²) in [7, 11) is 0. The molecule has 0 amide bonds. The van der Waals surface area contributed by atoms with E-state index in [2.05, 4.69) is 273 Å². The molecule has 0 bridgehead atoms. The van der Waals surface area contributed by atoms with Gasteiger partial charge >= 0.3 is 0 Å². The summed E-state index contributed by atoms with van der Waals surface area (Å²) < 4.78 is 16.3. The Morgan fingerprint density at radius 3 is 1.01 bits per heavy atom. The predicted molar refractivity (Wildman–Crippen MR) is 331 cm³/mol. The lowest BCUT2D eigenvalue weighted by molar-refractivity contribution is 0.671. The Bertz CT molecular complexity index is 5460. The number of nitrogens with zero attached hydrogens (tertiary/aromatic N) is 6. The van der Waals surface area contributed by atoms with E-state index in [0.717, 1.165) is 126 Å². The lowest BCUT2D eigenvalue weighted by Crippen LogP contribution is -2.16. The van der Waals surface area contributed by atoms with Crippen molar-refractivity contribution in [2.45, 2.75) is 0 Å². The van der Waals surface area contributed by atoms with Crippen LogP contribution >= 0.6 is 0 Å². The van der Waals surface area contributed by atoms with Crippen LogP contribution in [0.5, 0.6) is 0 Å². The van der Waals surface area contributed by atoms with Crippen molar-refractivity contribution in [3.63, 3.8) is 0 Å². The Morgan fingerprint density at radius 2 is 0.593 bits per heavy atom. The molecule has 0 aliphatic heterocycles.